The predicted octanol–water partition coefficient (Wildman–Crippen LogP) is 3.18. The number of nitrogens with one attached hydrogen (secondary N) is 3. The van der Waals surface area contributed by atoms with E-state index in [0.29, 0.717) is 6.07 Å². The number of carbonyl (C=O) groups is 2. The second-order valence-electron chi connectivity index (χ2n) is 6.03. The van der Waals surface area contributed by atoms with Gasteiger partial charge in [0.15, 0.2) is 23.2 Å². The van der Waals surface area contributed by atoms with Gasteiger partial charge in [-0.3, -0.25) is 20.4 Å². The second kappa shape index (κ2) is 8.96. The SMILES string of the molecule is O=C(NC(Cc1ccccc1)C(=O)NNc1ccc(F)c(F)c1F)c1ccco1. The molecule has 9 heteroatoms. The van der Waals surface area contributed by atoms with Crippen LogP contribution in [-0.2, 0) is 11.2 Å². The largest absolute Gasteiger partial charge is 0.459 e. The Morgan fingerprint density at radius 3 is 2.38 bits per heavy atom. The molecule has 0 radical (unpaired) electrons. The highest BCUT2D eigenvalue weighted by atomic mass is 19.2. The van der Waals surface area contributed by atoms with Gasteiger partial charge in [-0.1, -0.05) is 30.3 Å². The summed E-state index contributed by atoms with van der Waals surface area (Å²) < 4.78 is 45.1. The summed E-state index contributed by atoms with van der Waals surface area (Å²) in [5.41, 5.74) is 4.68. The van der Waals surface area contributed by atoms with Gasteiger partial charge in [-0.15, -0.1) is 0 Å². The van der Waals surface area contributed by atoms with Crippen LogP contribution in [0.1, 0.15) is 16.1 Å². The highest BCUT2D eigenvalue weighted by Gasteiger charge is 2.23. The fraction of sp³-hybridized carbons (Fsp3) is 0.100. The zero-order chi connectivity index (χ0) is 20.8. The van der Waals surface area contributed by atoms with E-state index < -0.39 is 41.0 Å². The fourth-order valence-electron chi connectivity index (χ4n) is 2.53. The quantitative estimate of drug-likeness (QED) is 0.418. The maximum absolute atomic E-state index is 13.7. The molecule has 3 N–H and O–H groups in total. The molecule has 0 aliphatic rings. The van der Waals surface area contributed by atoms with Crippen LogP contribution in [0.15, 0.2) is 65.3 Å². The van der Waals surface area contributed by atoms with E-state index in [1.807, 2.05) is 0 Å². The van der Waals surface area contributed by atoms with Crippen molar-refractivity contribution >= 4 is 17.5 Å². The molecule has 0 saturated heterocycles. The molecule has 1 unspecified atom stereocenters. The molecule has 1 atom stereocenters. The van der Waals surface area contributed by atoms with E-state index in [1.54, 1.807) is 30.3 Å². The molecule has 0 saturated carbocycles. The lowest BCUT2D eigenvalue weighted by atomic mass is 10.1. The van der Waals surface area contributed by atoms with Crippen LogP contribution in [0.4, 0.5) is 18.9 Å². The lowest BCUT2D eigenvalue weighted by molar-refractivity contribution is -0.122. The summed E-state index contributed by atoms with van der Waals surface area (Å²) in [5, 5.41) is 2.53. The molecule has 3 rings (SSSR count). The number of hydrogen-bond donors (Lipinski definition) is 3. The van der Waals surface area contributed by atoms with Gasteiger partial charge < -0.3 is 9.73 Å². The summed E-state index contributed by atoms with van der Waals surface area (Å²) >= 11 is 0. The summed E-state index contributed by atoms with van der Waals surface area (Å²) in [7, 11) is 0. The van der Waals surface area contributed by atoms with E-state index in [9.17, 15) is 22.8 Å². The molecule has 2 aromatic carbocycles. The van der Waals surface area contributed by atoms with Crippen LogP contribution in [0.2, 0.25) is 0 Å². The zero-order valence-electron chi connectivity index (χ0n) is 14.9. The average molecular weight is 403 g/mol. The lowest BCUT2D eigenvalue weighted by Crippen LogP contribution is -2.49. The van der Waals surface area contributed by atoms with Crippen molar-refractivity contribution in [2.24, 2.45) is 0 Å². The zero-order valence-corrected chi connectivity index (χ0v) is 14.9. The molecule has 1 aromatic heterocycles. The van der Waals surface area contributed by atoms with Gasteiger partial charge in [0.1, 0.15) is 6.04 Å². The molecule has 0 bridgehead atoms. The number of carbonyl (C=O) groups excluding carboxylic acids is 2. The normalized spacial score (nSPS) is 11.6. The van der Waals surface area contributed by atoms with Crippen LogP contribution in [-0.4, -0.2) is 17.9 Å². The second-order valence-corrected chi connectivity index (χ2v) is 6.03. The Labute approximate surface area is 163 Å². The topological polar surface area (TPSA) is 83.4 Å². The highest BCUT2D eigenvalue weighted by Crippen LogP contribution is 2.18. The van der Waals surface area contributed by atoms with E-state index in [1.165, 1.54) is 18.4 Å². The van der Waals surface area contributed by atoms with Crippen LogP contribution in [0, 0.1) is 17.5 Å². The van der Waals surface area contributed by atoms with Crippen molar-refractivity contribution in [2.45, 2.75) is 12.5 Å². The Morgan fingerprint density at radius 2 is 1.69 bits per heavy atom. The maximum atomic E-state index is 13.7. The Balaban J connectivity index is 1.73. The van der Waals surface area contributed by atoms with Gasteiger partial charge in [-0.25, -0.2) is 13.2 Å². The van der Waals surface area contributed by atoms with Crippen molar-refractivity contribution in [3.05, 3.63) is 89.6 Å². The van der Waals surface area contributed by atoms with Crippen molar-refractivity contribution in [1.29, 1.82) is 0 Å². The van der Waals surface area contributed by atoms with Crippen molar-refractivity contribution in [2.75, 3.05) is 5.43 Å². The van der Waals surface area contributed by atoms with Crippen molar-refractivity contribution in [1.82, 2.24) is 10.7 Å². The third-order valence-corrected chi connectivity index (χ3v) is 4.00. The first-order chi connectivity index (χ1) is 14.0. The molecule has 150 valence electrons. The molecule has 3 aromatic rings. The van der Waals surface area contributed by atoms with Gasteiger partial charge in [0, 0.05) is 6.42 Å². The molecule has 6 nitrogen and oxygen atoms in total. The molecule has 29 heavy (non-hydrogen) atoms. The van der Waals surface area contributed by atoms with E-state index in [2.05, 4.69) is 16.2 Å². The summed E-state index contributed by atoms with van der Waals surface area (Å²) in [5.74, 6) is -5.84. The number of benzene rings is 2. The van der Waals surface area contributed by atoms with Crippen LogP contribution in [0.5, 0.6) is 0 Å². The number of amides is 2. The number of furan rings is 1. The van der Waals surface area contributed by atoms with E-state index in [4.69, 9.17) is 4.42 Å². The van der Waals surface area contributed by atoms with Crippen LogP contribution >= 0.6 is 0 Å². The minimum absolute atomic E-state index is 0.00970. The number of hydrogen-bond acceptors (Lipinski definition) is 4. The first-order valence-electron chi connectivity index (χ1n) is 8.53. The highest BCUT2D eigenvalue weighted by molar-refractivity contribution is 5.95. The molecular weight excluding hydrogens is 387 g/mol. The van der Waals surface area contributed by atoms with Crippen LogP contribution in [0.3, 0.4) is 0 Å². The molecule has 2 amide bonds. The van der Waals surface area contributed by atoms with Crippen LogP contribution in [0.25, 0.3) is 0 Å². The molecular formula is C20H16F3N3O3. The van der Waals surface area contributed by atoms with E-state index >= 15 is 0 Å². The summed E-state index contributed by atoms with van der Waals surface area (Å²) in [6.45, 7) is 0. The van der Waals surface area contributed by atoms with Gasteiger partial charge >= 0.3 is 0 Å². The Bertz CT molecular complexity index is 995. The fourth-order valence-corrected chi connectivity index (χ4v) is 2.53. The summed E-state index contributed by atoms with van der Waals surface area (Å²) in [6.07, 6.45) is 1.44. The monoisotopic (exact) mass is 403 g/mol. The van der Waals surface area contributed by atoms with Gasteiger partial charge in [0.25, 0.3) is 11.8 Å². The van der Waals surface area contributed by atoms with E-state index in [-0.39, 0.29) is 12.2 Å². The lowest BCUT2D eigenvalue weighted by Gasteiger charge is -2.19. The summed E-state index contributed by atoms with van der Waals surface area (Å²) in [6, 6.07) is 12.4. The van der Waals surface area contributed by atoms with Crippen molar-refractivity contribution in [3.63, 3.8) is 0 Å². The number of hydrazine groups is 1. The minimum atomic E-state index is -1.67. The van der Waals surface area contributed by atoms with Gasteiger partial charge in [0.2, 0.25) is 0 Å². The predicted molar refractivity (Wildman–Crippen MR) is 98.2 cm³/mol. The Hall–Kier alpha value is -3.75. The first-order valence-corrected chi connectivity index (χ1v) is 8.53. The molecule has 0 fully saturated rings. The Kier molecular flexibility index (Phi) is 6.18. The smallest absolute Gasteiger partial charge is 0.287 e. The van der Waals surface area contributed by atoms with Gasteiger partial charge in [0.05, 0.1) is 12.0 Å². The third-order valence-electron chi connectivity index (χ3n) is 4.00. The maximum Gasteiger partial charge on any atom is 0.287 e. The van der Waals surface area contributed by atoms with Crippen molar-refractivity contribution < 1.29 is 27.2 Å². The van der Waals surface area contributed by atoms with Gasteiger partial charge in [-0.2, -0.15) is 0 Å². The molecule has 0 aliphatic heterocycles. The van der Waals surface area contributed by atoms with Crippen molar-refractivity contribution in [3.8, 4) is 0 Å². The minimum Gasteiger partial charge on any atom is -0.459 e. The first kappa shape index (κ1) is 20.0. The Morgan fingerprint density at radius 1 is 0.931 bits per heavy atom. The van der Waals surface area contributed by atoms with Gasteiger partial charge in [-0.05, 0) is 29.8 Å². The standard InChI is InChI=1S/C20H16F3N3O3/c21-13-8-9-14(18(23)17(13)22)25-26-19(27)15(11-12-5-2-1-3-6-12)24-20(28)16-7-4-10-29-16/h1-10,15,25H,11H2,(H,24,28)(H,26,27). The third kappa shape index (κ3) is 4.95. The number of halogens is 3. The van der Waals surface area contributed by atoms with Crippen LogP contribution < -0.4 is 16.2 Å². The number of rotatable bonds is 7. The number of anilines is 1. The van der Waals surface area contributed by atoms with E-state index in [0.717, 1.165) is 11.6 Å². The summed E-state index contributed by atoms with van der Waals surface area (Å²) in [4.78, 5) is 24.8. The molecule has 0 aliphatic carbocycles. The molecule has 0 spiro atoms. The molecule has 1 heterocycles. The average Bonchev–Trinajstić information content (AvgIpc) is 3.26.